The Kier molecular flexibility index (Phi) is 4.66. The SMILES string of the molecule is COc1cc(/C=C/C(=O)NC2CC2)ccc1OC(C)C. The summed E-state index contributed by atoms with van der Waals surface area (Å²) in [4.78, 5) is 11.6. The molecule has 0 unspecified atom stereocenters. The zero-order valence-corrected chi connectivity index (χ0v) is 12.2. The summed E-state index contributed by atoms with van der Waals surface area (Å²) in [5.41, 5.74) is 0.906. The van der Waals surface area contributed by atoms with Crippen LogP contribution in [0.5, 0.6) is 11.5 Å². The van der Waals surface area contributed by atoms with E-state index in [2.05, 4.69) is 5.32 Å². The van der Waals surface area contributed by atoms with Gasteiger partial charge in [0.15, 0.2) is 11.5 Å². The normalized spacial score (nSPS) is 14.6. The monoisotopic (exact) mass is 275 g/mol. The Bertz CT molecular complexity index is 504. The standard InChI is InChI=1S/C16H21NO3/c1-11(2)20-14-8-4-12(10-15(14)19-3)5-9-16(18)17-13-6-7-13/h4-5,8-11,13H,6-7H2,1-3H3,(H,17,18)/b9-5+. The molecule has 2 rings (SSSR count). The largest absolute Gasteiger partial charge is 0.493 e. The van der Waals surface area contributed by atoms with E-state index in [-0.39, 0.29) is 12.0 Å². The lowest BCUT2D eigenvalue weighted by Crippen LogP contribution is -2.22. The molecule has 1 N–H and O–H groups in total. The first-order valence-electron chi connectivity index (χ1n) is 6.91. The molecule has 1 amide bonds. The summed E-state index contributed by atoms with van der Waals surface area (Å²) >= 11 is 0. The summed E-state index contributed by atoms with van der Waals surface area (Å²) < 4.78 is 11.0. The number of benzene rings is 1. The maximum atomic E-state index is 11.6. The summed E-state index contributed by atoms with van der Waals surface area (Å²) in [7, 11) is 1.61. The van der Waals surface area contributed by atoms with Crippen molar-refractivity contribution in [3.63, 3.8) is 0 Å². The summed E-state index contributed by atoms with van der Waals surface area (Å²) in [6.07, 6.45) is 5.60. The molecule has 0 aliphatic heterocycles. The van der Waals surface area contributed by atoms with Crippen LogP contribution in [0, 0.1) is 0 Å². The highest BCUT2D eigenvalue weighted by Gasteiger charge is 2.22. The lowest BCUT2D eigenvalue weighted by molar-refractivity contribution is -0.116. The molecule has 0 spiro atoms. The van der Waals surface area contributed by atoms with Crippen molar-refractivity contribution in [2.75, 3.05) is 7.11 Å². The van der Waals surface area contributed by atoms with Crippen LogP contribution < -0.4 is 14.8 Å². The Labute approximate surface area is 119 Å². The highest BCUT2D eigenvalue weighted by molar-refractivity contribution is 5.92. The molecular weight excluding hydrogens is 254 g/mol. The third-order valence-corrected chi connectivity index (χ3v) is 2.90. The molecule has 0 saturated heterocycles. The molecule has 1 fully saturated rings. The highest BCUT2D eigenvalue weighted by atomic mass is 16.5. The van der Waals surface area contributed by atoms with Crippen molar-refractivity contribution in [2.45, 2.75) is 38.8 Å². The summed E-state index contributed by atoms with van der Waals surface area (Å²) in [5.74, 6) is 1.33. The lowest BCUT2D eigenvalue weighted by Gasteiger charge is -2.13. The molecule has 108 valence electrons. The van der Waals surface area contributed by atoms with Crippen LogP contribution in [0.25, 0.3) is 6.08 Å². The number of amides is 1. The predicted octanol–water partition coefficient (Wildman–Crippen LogP) is 2.77. The van der Waals surface area contributed by atoms with E-state index in [0.717, 1.165) is 18.4 Å². The van der Waals surface area contributed by atoms with Crippen LogP contribution in [0.4, 0.5) is 0 Å². The van der Waals surface area contributed by atoms with Gasteiger partial charge in [0, 0.05) is 12.1 Å². The van der Waals surface area contributed by atoms with E-state index in [9.17, 15) is 4.79 Å². The van der Waals surface area contributed by atoms with Crippen LogP contribution in [0.3, 0.4) is 0 Å². The van der Waals surface area contributed by atoms with Crippen molar-refractivity contribution in [3.8, 4) is 11.5 Å². The average Bonchev–Trinajstić information content (AvgIpc) is 3.20. The van der Waals surface area contributed by atoms with Gasteiger partial charge in [-0.3, -0.25) is 4.79 Å². The summed E-state index contributed by atoms with van der Waals surface area (Å²) in [6, 6.07) is 6.00. The van der Waals surface area contributed by atoms with E-state index in [1.54, 1.807) is 19.3 Å². The first-order chi connectivity index (χ1) is 9.58. The molecule has 1 aliphatic carbocycles. The van der Waals surface area contributed by atoms with Gasteiger partial charge < -0.3 is 14.8 Å². The smallest absolute Gasteiger partial charge is 0.244 e. The van der Waals surface area contributed by atoms with E-state index in [1.165, 1.54) is 0 Å². The van der Waals surface area contributed by atoms with Gasteiger partial charge >= 0.3 is 0 Å². The van der Waals surface area contributed by atoms with Gasteiger partial charge in [-0.25, -0.2) is 0 Å². The number of carbonyl (C=O) groups excluding carboxylic acids is 1. The first kappa shape index (κ1) is 14.4. The van der Waals surface area contributed by atoms with Gasteiger partial charge in [-0.1, -0.05) is 6.07 Å². The Morgan fingerprint density at radius 2 is 2.10 bits per heavy atom. The molecule has 1 aromatic carbocycles. The van der Waals surface area contributed by atoms with Gasteiger partial charge in [-0.2, -0.15) is 0 Å². The van der Waals surface area contributed by atoms with Crippen LogP contribution in [0.1, 0.15) is 32.3 Å². The Morgan fingerprint density at radius 1 is 1.35 bits per heavy atom. The minimum absolute atomic E-state index is 0.0472. The third kappa shape index (κ3) is 4.30. The molecular formula is C16H21NO3. The van der Waals surface area contributed by atoms with Gasteiger partial charge in [-0.05, 0) is 50.5 Å². The number of hydrogen-bond acceptors (Lipinski definition) is 3. The Balaban J connectivity index is 2.04. The van der Waals surface area contributed by atoms with E-state index < -0.39 is 0 Å². The number of hydrogen-bond donors (Lipinski definition) is 1. The number of rotatable bonds is 6. The molecule has 1 saturated carbocycles. The lowest BCUT2D eigenvalue weighted by atomic mass is 10.2. The Hall–Kier alpha value is -1.97. The second kappa shape index (κ2) is 6.46. The molecule has 20 heavy (non-hydrogen) atoms. The van der Waals surface area contributed by atoms with E-state index in [4.69, 9.17) is 9.47 Å². The maximum absolute atomic E-state index is 11.6. The molecule has 1 aromatic rings. The maximum Gasteiger partial charge on any atom is 0.244 e. The zero-order chi connectivity index (χ0) is 14.5. The van der Waals surface area contributed by atoms with Gasteiger partial charge in [-0.15, -0.1) is 0 Å². The van der Waals surface area contributed by atoms with Crippen molar-refractivity contribution >= 4 is 12.0 Å². The van der Waals surface area contributed by atoms with Crippen molar-refractivity contribution < 1.29 is 14.3 Å². The van der Waals surface area contributed by atoms with Crippen molar-refractivity contribution in [2.24, 2.45) is 0 Å². The minimum Gasteiger partial charge on any atom is -0.493 e. The average molecular weight is 275 g/mol. The number of methoxy groups -OCH3 is 1. The third-order valence-electron chi connectivity index (χ3n) is 2.90. The topological polar surface area (TPSA) is 47.6 Å². The fourth-order valence-electron chi connectivity index (χ4n) is 1.79. The summed E-state index contributed by atoms with van der Waals surface area (Å²) in [6.45, 7) is 3.94. The van der Waals surface area contributed by atoms with Crippen molar-refractivity contribution in [1.29, 1.82) is 0 Å². The Morgan fingerprint density at radius 3 is 2.70 bits per heavy atom. The molecule has 4 heteroatoms. The molecule has 1 aliphatic rings. The predicted molar refractivity (Wildman–Crippen MR) is 79.0 cm³/mol. The van der Waals surface area contributed by atoms with Gasteiger partial charge in [0.25, 0.3) is 0 Å². The fraction of sp³-hybridized carbons (Fsp3) is 0.438. The first-order valence-corrected chi connectivity index (χ1v) is 6.91. The van der Waals surface area contributed by atoms with Gasteiger partial charge in [0.1, 0.15) is 0 Å². The molecule has 0 bridgehead atoms. The van der Waals surface area contributed by atoms with Gasteiger partial charge in [0.2, 0.25) is 5.91 Å². The van der Waals surface area contributed by atoms with Crippen molar-refractivity contribution in [3.05, 3.63) is 29.8 Å². The second-order valence-corrected chi connectivity index (χ2v) is 5.19. The van der Waals surface area contributed by atoms with Gasteiger partial charge in [0.05, 0.1) is 13.2 Å². The van der Waals surface area contributed by atoms with Crippen LogP contribution >= 0.6 is 0 Å². The van der Waals surface area contributed by atoms with Crippen LogP contribution in [-0.4, -0.2) is 25.2 Å². The highest BCUT2D eigenvalue weighted by Crippen LogP contribution is 2.29. The molecule has 0 atom stereocenters. The molecule has 0 radical (unpaired) electrons. The van der Waals surface area contributed by atoms with E-state index in [0.29, 0.717) is 17.5 Å². The van der Waals surface area contributed by atoms with Crippen LogP contribution in [0.2, 0.25) is 0 Å². The van der Waals surface area contributed by atoms with E-state index >= 15 is 0 Å². The number of carbonyl (C=O) groups is 1. The zero-order valence-electron chi connectivity index (χ0n) is 12.2. The van der Waals surface area contributed by atoms with Crippen LogP contribution in [0.15, 0.2) is 24.3 Å². The number of nitrogens with one attached hydrogen (secondary N) is 1. The van der Waals surface area contributed by atoms with Crippen molar-refractivity contribution in [1.82, 2.24) is 5.32 Å². The molecule has 0 aromatic heterocycles. The fourth-order valence-corrected chi connectivity index (χ4v) is 1.79. The quantitative estimate of drug-likeness (QED) is 0.812. The number of ether oxygens (including phenoxy) is 2. The van der Waals surface area contributed by atoms with E-state index in [1.807, 2.05) is 32.0 Å². The molecule has 4 nitrogen and oxygen atoms in total. The summed E-state index contributed by atoms with van der Waals surface area (Å²) in [5, 5.41) is 2.91. The minimum atomic E-state index is -0.0472. The second-order valence-electron chi connectivity index (χ2n) is 5.19. The van der Waals surface area contributed by atoms with Crippen LogP contribution in [-0.2, 0) is 4.79 Å². The molecule has 0 heterocycles.